The summed E-state index contributed by atoms with van der Waals surface area (Å²) in [6, 6.07) is 3.11. The van der Waals surface area contributed by atoms with Crippen LogP contribution in [0.5, 0.6) is 0 Å². The van der Waals surface area contributed by atoms with Crippen LogP contribution in [-0.2, 0) is 0 Å². The summed E-state index contributed by atoms with van der Waals surface area (Å²) in [5.74, 6) is 0. The Morgan fingerprint density at radius 1 is 1.27 bits per heavy atom. The zero-order chi connectivity index (χ0) is 8.43. The van der Waals surface area contributed by atoms with Crippen molar-refractivity contribution in [1.29, 1.82) is 0 Å². The zero-order valence-electron chi connectivity index (χ0n) is 5.27. The van der Waals surface area contributed by atoms with Crippen LogP contribution in [0.3, 0.4) is 0 Å². The molecule has 58 valence electrons. The van der Waals surface area contributed by atoms with E-state index >= 15 is 0 Å². The molecule has 0 atom stereocenters. The number of carbonyl (C=O) groups is 1. The molecular formula is C7H3BrCl2O. The van der Waals surface area contributed by atoms with Crippen LogP contribution in [0.15, 0.2) is 16.6 Å². The summed E-state index contributed by atoms with van der Waals surface area (Å²) in [5.41, 5.74) is 0.403. The highest BCUT2D eigenvalue weighted by Crippen LogP contribution is 2.28. The van der Waals surface area contributed by atoms with Gasteiger partial charge in [-0.3, -0.25) is 4.79 Å². The molecule has 0 aliphatic heterocycles. The first kappa shape index (κ1) is 9.04. The molecule has 0 aromatic heterocycles. The van der Waals surface area contributed by atoms with Crippen molar-refractivity contribution in [2.24, 2.45) is 0 Å². The highest BCUT2D eigenvalue weighted by Gasteiger charge is 2.03. The van der Waals surface area contributed by atoms with Crippen molar-refractivity contribution < 1.29 is 4.79 Å². The number of benzene rings is 1. The molecule has 0 heterocycles. The maximum absolute atomic E-state index is 10.3. The van der Waals surface area contributed by atoms with E-state index in [1.807, 2.05) is 0 Å². The van der Waals surface area contributed by atoms with Crippen LogP contribution < -0.4 is 0 Å². The number of carbonyl (C=O) groups excluding carboxylic acids is 1. The molecule has 4 heteroatoms. The Balaban J connectivity index is 3.31. The van der Waals surface area contributed by atoms with Gasteiger partial charge >= 0.3 is 0 Å². The summed E-state index contributed by atoms with van der Waals surface area (Å²) in [5, 5.41) is 0.882. The molecule has 0 saturated heterocycles. The van der Waals surface area contributed by atoms with Crippen molar-refractivity contribution >= 4 is 45.4 Å². The van der Waals surface area contributed by atoms with Gasteiger partial charge in [-0.15, -0.1) is 0 Å². The lowest BCUT2D eigenvalue weighted by molar-refractivity contribution is 0.112. The summed E-state index contributed by atoms with van der Waals surface area (Å²) in [6.45, 7) is 0. The summed E-state index contributed by atoms with van der Waals surface area (Å²) in [4.78, 5) is 10.3. The third-order valence-electron chi connectivity index (χ3n) is 1.17. The molecule has 0 radical (unpaired) electrons. The molecule has 11 heavy (non-hydrogen) atoms. The molecule has 1 aromatic rings. The summed E-state index contributed by atoms with van der Waals surface area (Å²) in [6.07, 6.45) is 0.667. The van der Waals surface area contributed by atoms with Crippen LogP contribution in [-0.4, -0.2) is 6.29 Å². The standard InChI is InChI=1S/C7H3BrCl2O/c8-5-2-6(9)4(3-11)1-7(5)10/h1-3H. The normalized spacial score (nSPS) is 9.73. The lowest BCUT2D eigenvalue weighted by Crippen LogP contribution is -1.82. The molecule has 0 saturated carbocycles. The Kier molecular flexibility index (Phi) is 2.93. The lowest BCUT2D eigenvalue weighted by Gasteiger charge is -1.98. The monoisotopic (exact) mass is 252 g/mol. The Morgan fingerprint density at radius 2 is 1.91 bits per heavy atom. The zero-order valence-corrected chi connectivity index (χ0v) is 8.37. The van der Waals surface area contributed by atoms with Crippen LogP contribution in [0, 0.1) is 0 Å². The predicted octanol–water partition coefficient (Wildman–Crippen LogP) is 3.57. The fraction of sp³-hybridized carbons (Fsp3) is 0. The molecule has 0 fully saturated rings. The second-order valence-corrected chi connectivity index (χ2v) is 3.57. The smallest absolute Gasteiger partial charge is 0.151 e. The van der Waals surface area contributed by atoms with Crippen LogP contribution in [0.4, 0.5) is 0 Å². The first-order valence-corrected chi connectivity index (χ1v) is 4.29. The third-order valence-corrected chi connectivity index (χ3v) is 2.69. The van der Waals surface area contributed by atoms with Gasteiger partial charge in [-0.1, -0.05) is 23.2 Å². The largest absolute Gasteiger partial charge is 0.298 e. The molecule has 0 aliphatic carbocycles. The van der Waals surface area contributed by atoms with Gasteiger partial charge in [0, 0.05) is 10.0 Å². The number of hydrogen-bond donors (Lipinski definition) is 0. The fourth-order valence-corrected chi connectivity index (χ4v) is 1.48. The lowest BCUT2D eigenvalue weighted by atomic mass is 10.2. The summed E-state index contributed by atoms with van der Waals surface area (Å²) < 4.78 is 0.690. The van der Waals surface area contributed by atoms with Crippen LogP contribution in [0.1, 0.15) is 10.4 Å². The van der Waals surface area contributed by atoms with Gasteiger partial charge < -0.3 is 0 Å². The van der Waals surface area contributed by atoms with Crippen molar-refractivity contribution in [2.75, 3.05) is 0 Å². The van der Waals surface area contributed by atoms with E-state index in [1.165, 1.54) is 6.07 Å². The molecule has 0 spiro atoms. The molecule has 0 aliphatic rings. The second-order valence-electron chi connectivity index (χ2n) is 1.91. The Morgan fingerprint density at radius 3 is 2.45 bits per heavy atom. The van der Waals surface area contributed by atoms with Gasteiger partial charge in [-0.25, -0.2) is 0 Å². The predicted molar refractivity (Wildman–Crippen MR) is 49.5 cm³/mol. The maximum Gasteiger partial charge on any atom is 0.151 e. The minimum Gasteiger partial charge on any atom is -0.298 e. The topological polar surface area (TPSA) is 17.1 Å². The maximum atomic E-state index is 10.3. The van der Waals surface area contributed by atoms with E-state index in [9.17, 15) is 4.79 Å². The molecule has 1 aromatic carbocycles. The number of hydrogen-bond acceptors (Lipinski definition) is 1. The van der Waals surface area contributed by atoms with Crippen LogP contribution in [0.2, 0.25) is 10.0 Å². The van der Waals surface area contributed by atoms with Crippen LogP contribution >= 0.6 is 39.1 Å². The molecule has 0 amide bonds. The van der Waals surface area contributed by atoms with E-state index in [0.29, 0.717) is 26.4 Å². The Hall–Kier alpha value is -0.0500. The Labute approximate surface area is 82.4 Å². The minimum atomic E-state index is 0.399. The molecule has 1 nitrogen and oxygen atoms in total. The van der Waals surface area contributed by atoms with E-state index in [1.54, 1.807) is 6.07 Å². The number of halogens is 3. The van der Waals surface area contributed by atoms with E-state index in [0.717, 1.165) is 0 Å². The van der Waals surface area contributed by atoms with Gasteiger partial charge in [0.25, 0.3) is 0 Å². The van der Waals surface area contributed by atoms with E-state index in [-0.39, 0.29) is 0 Å². The second kappa shape index (κ2) is 3.57. The van der Waals surface area contributed by atoms with Gasteiger partial charge in [0.05, 0.1) is 10.0 Å². The van der Waals surface area contributed by atoms with E-state index < -0.39 is 0 Å². The average molecular weight is 254 g/mol. The Bertz CT molecular complexity index is 299. The summed E-state index contributed by atoms with van der Waals surface area (Å²) in [7, 11) is 0. The number of aldehydes is 1. The van der Waals surface area contributed by atoms with Crippen LogP contribution in [0.25, 0.3) is 0 Å². The van der Waals surface area contributed by atoms with Crippen molar-refractivity contribution in [1.82, 2.24) is 0 Å². The van der Waals surface area contributed by atoms with Gasteiger partial charge in [0.2, 0.25) is 0 Å². The SMILES string of the molecule is O=Cc1cc(Cl)c(Br)cc1Cl. The fourth-order valence-electron chi connectivity index (χ4n) is 0.628. The molecule has 0 N–H and O–H groups in total. The summed E-state index contributed by atoms with van der Waals surface area (Å²) >= 11 is 14.6. The van der Waals surface area contributed by atoms with Gasteiger partial charge in [0.15, 0.2) is 6.29 Å². The molecule has 1 rings (SSSR count). The van der Waals surface area contributed by atoms with Crippen molar-refractivity contribution in [3.63, 3.8) is 0 Å². The molecular weight excluding hydrogens is 251 g/mol. The molecule has 0 bridgehead atoms. The van der Waals surface area contributed by atoms with Gasteiger partial charge in [-0.2, -0.15) is 0 Å². The highest BCUT2D eigenvalue weighted by molar-refractivity contribution is 9.10. The highest BCUT2D eigenvalue weighted by atomic mass is 79.9. The van der Waals surface area contributed by atoms with Crippen molar-refractivity contribution in [3.8, 4) is 0 Å². The molecule has 0 unspecified atom stereocenters. The first-order chi connectivity index (χ1) is 5.15. The van der Waals surface area contributed by atoms with E-state index in [2.05, 4.69) is 15.9 Å². The minimum absolute atomic E-state index is 0.399. The van der Waals surface area contributed by atoms with E-state index in [4.69, 9.17) is 23.2 Å². The quantitative estimate of drug-likeness (QED) is 0.553. The van der Waals surface area contributed by atoms with Crippen molar-refractivity contribution in [3.05, 3.63) is 32.2 Å². The van der Waals surface area contributed by atoms with Gasteiger partial charge in [-0.05, 0) is 28.1 Å². The first-order valence-electron chi connectivity index (χ1n) is 2.75. The third kappa shape index (κ3) is 1.95. The average Bonchev–Trinajstić information content (AvgIpc) is 1.97. The van der Waals surface area contributed by atoms with Crippen molar-refractivity contribution in [2.45, 2.75) is 0 Å². The van der Waals surface area contributed by atoms with Gasteiger partial charge in [0.1, 0.15) is 0 Å². The number of rotatable bonds is 1.